The molecule has 0 aromatic heterocycles. The highest BCUT2D eigenvalue weighted by Gasteiger charge is 2.34. The first-order chi connectivity index (χ1) is 13.0. The monoisotopic (exact) mass is 368 g/mol. The Morgan fingerprint density at radius 2 is 1.85 bits per heavy atom. The van der Waals surface area contributed by atoms with Gasteiger partial charge in [0.1, 0.15) is 0 Å². The summed E-state index contributed by atoms with van der Waals surface area (Å²) < 4.78 is 0. The molecule has 1 aliphatic carbocycles. The van der Waals surface area contributed by atoms with Gasteiger partial charge < -0.3 is 15.3 Å². The second-order valence-corrected chi connectivity index (χ2v) is 7.08. The van der Waals surface area contributed by atoms with Crippen LogP contribution in [0.3, 0.4) is 0 Å². The lowest BCUT2D eigenvalue weighted by molar-refractivity contribution is -0.143. The number of hydrogen-bond donors (Lipinski definition) is 2. The van der Waals surface area contributed by atoms with Gasteiger partial charge in [0.05, 0.1) is 5.92 Å². The fraction of sp³-hybridized carbons (Fsp3) is 0.381. The maximum absolute atomic E-state index is 12.5. The van der Waals surface area contributed by atoms with E-state index in [0.29, 0.717) is 5.56 Å². The van der Waals surface area contributed by atoms with E-state index in [1.165, 1.54) is 0 Å². The Morgan fingerprint density at radius 1 is 1.15 bits per heavy atom. The first-order valence-electron chi connectivity index (χ1n) is 9.25. The van der Waals surface area contributed by atoms with Crippen LogP contribution in [0.5, 0.6) is 0 Å². The zero-order chi connectivity index (χ0) is 19.4. The zero-order valence-electron chi connectivity index (χ0n) is 15.4. The van der Waals surface area contributed by atoms with E-state index in [4.69, 9.17) is 5.11 Å². The lowest BCUT2D eigenvalue weighted by Gasteiger charge is -2.24. The van der Waals surface area contributed by atoms with Crippen LogP contribution >= 0.6 is 0 Å². The summed E-state index contributed by atoms with van der Waals surface area (Å²) in [4.78, 5) is 37.5. The number of carbonyl (C=O) groups is 3. The van der Waals surface area contributed by atoms with Crippen molar-refractivity contribution in [2.75, 3.05) is 13.1 Å². The summed E-state index contributed by atoms with van der Waals surface area (Å²) >= 11 is 0. The van der Waals surface area contributed by atoms with Crippen LogP contribution in [0.25, 0.3) is 10.8 Å². The quantitative estimate of drug-likeness (QED) is 0.750. The molecule has 1 unspecified atom stereocenters. The fourth-order valence-electron chi connectivity index (χ4n) is 3.07. The molecule has 1 fully saturated rings. The lowest BCUT2D eigenvalue weighted by Crippen LogP contribution is -2.40. The van der Waals surface area contributed by atoms with E-state index in [1.54, 1.807) is 17.9 Å². The summed E-state index contributed by atoms with van der Waals surface area (Å²) in [6.07, 6.45) is 2.01. The average Bonchev–Trinajstić information content (AvgIpc) is 3.50. The van der Waals surface area contributed by atoms with Crippen molar-refractivity contribution < 1.29 is 19.5 Å². The average molecular weight is 368 g/mol. The van der Waals surface area contributed by atoms with Crippen molar-refractivity contribution in [2.45, 2.75) is 32.2 Å². The van der Waals surface area contributed by atoms with Gasteiger partial charge in [0.25, 0.3) is 5.91 Å². The molecule has 1 saturated carbocycles. The predicted molar refractivity (Wildman–Crippen MR) is 102 cm³/mol. The highest BCUT2D eigenvalue weighted by Crippen LogP contribution is 2.28. The van der Waals surface area contributed by atoms with E-state index < -0.39 is 11.9 Å². The van der Waals surface area contributed by atoms with Crippen molar-refractivity contribution in [3.05, 3.63) is 48.0 Å². The summed E-state index contributed by atoms with van der Waals surface area (Å²) in [6.45, 7) is 2.05. The van der Waals surface area contributed by atoms with Gasteiger partial charge in [-0.05, 0) is 35.7 Å². The molecule has 1 atom stereocenters. The number of carboxylic acids is 1. The number of hydrogen-bond acceptors (Lipinski definition) is 3. The van der Waals surface area contributed by atoms with Gasteiger partial charge in [-0.1, -0.05) is 37.3 Å². The van der Waals surface area contributed by atoms with E-state index in [2.05, 4.69) is 5.32 Å². The number of nitrogens with one attached hydrogen (secondary N) is 1. The summed E-state index contributed by atoms with van der Waals surface area (Å²) in [6, 6.07) is 13.5. The van der Waals surface area contributed by atoms with Crippen LogP contribution < -0.4 is 5.32 Å². The number of rotatable bonds is 8. The molecule has 6 nitrogen and oxygen atoms in total. The third-order valence-corrected chi connectivity index (χ3v) is 4.84. The molecule has 0 aliphatic heterocycles. The van der Waals surface area contributed by atoms with Crippen molar-refractivity contribution in [1.82, 2.24) is 10.2 Å². The van der Waals surface area contributed by atoms with E-state index in [-0.39, 0.29) is 37.4 Å². The van der Waals surface area contributed by atoms with Crippen LogP contribution in [-0.2, 0) is 9.59 Å². The van der Waals surface area contributed by atoms with Gasteiger partial charge in [-0.2, -0.15) is 0 Å². The van der Waals surface area contributed by atoms with E-state index >= 15 is 0 Å². The molecule has 142 valence electrons. The largest absolute Gasteiger partial charge is 0.481 e. The fourth-order valence-corrected chi connectivity index (χ4v) is 3.07. The maximum Gasteiger partial charge on any atom is 0.308 e. The van der Waals surface area contributed by atoms with Gasteiger partial charge in [0, 0.05) is 31.1 Å². The van der Waals surface area contributed by atoms with Crippen LogP contribution in [0.2, 0.25) is 0 Å². The standard InChI is InChI=1S/C21H24N2O4/c1-14(21(26)27)13-23(18-8-9-18)19(24)10-11-22-20(25)17-7-6-15-4-2-3-5-16(15)12-17/h2-7,12,14,18H,8-11,13H2,1H3,(H,22,25)(H,26,27). The Bertz CT molecular complexity index is 860. The Hall–Kier alpha value is -2.89. The molecule has 1 aliphatic rings. The first kappa shape index (κ1) is 18.9. The molecule has 0 bridgehead atoms. The molecule has 6 heteroatoms. The third-order valence-electron chi connectivity index (χ3n) is 4.84. The van der Waals surface area contributed by atoms with Crippen molar-refractivity contribution >= 4 is 28.6 Å². The van der Waals surface area contributed by atoms with Crippen molar-refractivity contribution in [3.8, 4) is 0 Å². The van der Waals surface area contributed by atoms with Crippen molar-refractivity contribution in [1.29, 1.82) is 0 Å². The molecular weight excluding hydrogens is 344 g/mol. The van der Waals surface area contributed by atoms with Gasteiger partial charge in [-0.15, -0.1) is 0 Å². The zero-order valence-corrected chi connectivity index (χ0v) is 15.4. The van der Waals surface area contributed by atoms with Crippen molar-refractivity contribution in [3.63, 3.8) is 0 Å². The number of carbonyl (C=O) groups excluding carboxylic acids is 2. The molecule has 0 heterocycles. The minimum Gasteiger partial charge on any atom is -0.481 e. The van der Waals surface area contributed by atoms with Gasteiger partial charge >= 0.3 is 5.97 Å². The van der Waals surface area contributed by atoms with E-state index in [1.807, 2.05) is 36.4 Å². The van der Waals surface area contributed by atoms with Gasteiger partial charge in [-0.25, -0.2) is 0 Å². The molecule has 3 rings (SSSR count). The highest BCUT2D eigenvalue weighted by molar-refractivity contribution is 5.98. The first-order valence-corrected chi connectivity index (χ1v) is 9.25. The minimum atomic E-state index is -0.905. The van der Waals surface area contributed by atoms with Crippen LogP contribution in [-0.4, -0.2) is 46.9 Å². The Labute approximate surface area is 158 Å². The summed E-state index contributed by atoms with van der Waals surface area (Å²) in [5, 5.41) is 13.9. The van der Waals surface area contributed by atoms with E-state index in [0.717, 1.165) is 23.6 Å². The number of benzene rings is 2. The maximum atomic E-state index is 12.5. The lowest BCUT2D eigenvalue weighted by atomic mass is 10.1. The van der Waals surface area contributed by atoms with Crippen LogP contribution in [0.1, 0.15) is 36.5 Å². The topological polar surface area (TPSA) is 86.7 Å². The number of aliphatic carboxylic acids is 1. The summed E-state index contributed by atoms with van der Waals surface area (Å²) in [5.74, 6) is -1.82. The predicted octanol–water partition coefficient (Wildman–Crippen LogP) is 2.67. The third kappa shape index (κ3) is 4.84. The van der Waals surface area contributed by atoms with Crippen LogP contribution in [0.4, 0.5) is 0 Å². The molecule has 27 heavy (non-hydrogen) atoms. The SMILES string of the molecule is CC(CN(C(=O)CCNC(=O)c1ccc2ccccc2c1)C1CC1)C(=O)O. The summed E-state index contributed by atoms with van der Waals surface area (Å²) in [7, 11) is 0. The second kappa shape index (κ2) is 8.20. The molecular formula is C21H24N2O4. The van der Waals surface area contributed by atoms with Gasteiger partial charge in [0.15, 0.2) is 0 Å². The molecule has 2 amide bonds. The number of fused-ring (bicyclic) bond motifs is 1. The summed E-state index contributed by atoms with van der Waals surface area (Å²) in [5.41, 5.74) is 0.555. The smallest absolute Gasteiger partial charge is 0.308 e. The Kier molecular flexibility index (Phi) is 5.74. The molecule has 0 spiro atoms. The Balaban J connectivity index is 1.53. The van der Waals surface area contributed by atoms with Crippen LogP contribution in [0.15, 0.2) is 42.5 Å². The number of carboxylic acid groups (broad SMARTS) is 1. The Morgan fingerprint density at radius 3 is 2.52 bits per heavy atom. The second-order valence-electron chi connectivity index (χ2n) is 7.08. The molecule has 2 aromatic carbocycles. The normalized spacial score (nSPS) is 14.6. The van der Waals surface area contributed by atoms with Gasteiger partial charge in [-0.3, -0.25) is 14.4 Å². The van der Waals surface area contributed by atoms with Crippen LogP contribution in [0, 0.1) is 5.92 Å². The number of amides is 2. The molecule has 0 radical (unpaired) electrons. The van der Waals surface area contributed by atoms with Crippen molar-refractivity contribution in [2.24, 2.45) is 5.92 Å². The van der Waals surface area contributed by atoms with E-state index in [9.17, 15) is 14.4 Å². The molecule has 2 aromatic rings. The highest BCUT2D eigenvalue weighted by atomic mass is 16.4. The molecule has 2 N–H and O–H groups in total. The van der Waals surface area contributed by atoms with Gasteiger partial charge in [0.2, 0.25) is 5.91 Å². The minimum absolute atomic E-state index is 0.107. The number of nitrogens with zero attached hydrogens (tertiary/aromatic N) is 1. The molecule has 0 saturated heterocycles.